The fraction of sp³-hybridized carbons (Fsp3) is 0.259. The average molecular weight is 610 g/mol. The van der Waals surface area contributed by atoms with E-state index in [1.165, 1.54) is 10.6 Å². The number of fused-ring (bicyclic) bond motifs is 1. The Morgan fingerprint density at radius 1 is 1.08 bits per heavy atom. The van der Waals surface area contributed by atoms with Gasteiger partial charge in [-0.25, -0.2) is 14.6 Å². The first-order chi connectivity index (χ1) is 18.7. The number of aromatic nitrogens is 1. The van der Waals surface area contributed by atoms with Crippen LogP contribution in [0.3, 0.4) is 0 Å². The van der Waals surface area contributed by atoms with Gasteiger partial charge in [-0.3, -0.25) is 9.36 Å². The summed E-state index contributed by atoms with van der Waals surface area (Å²) in [6, 6.07) is 9.14. The number of nitrogens with zero attached hydrogens (tertiary/aromatic N) is 2. The lowest BCUT2D eigenvalue weighted by atomic mass is 9.96. The number of allylic oxidation sites excluding steroid dienone is 1. The Morgan fingerprint density at radius 2 is 1.79 bits per heavy atom. The van der Waals surface area contributed by atoms with Crippen LogP contribution in [0.4, 0.5) is 0 Å². The predicted octanol–water partition coefficient (Wildman–Crippen LogP) is 4.70. The summed E-state index contributed by atoms with van der Waals surface area (Å²) >= 11 is 20.3. The molecule has 2 aromatic carbocycles. The highest BCUT2D eigenvalue weighted by Crippen LogP contribution is 2.35. The van der Waals surface area contributed by atoms with E-state index < -0.39 is 23.5 Å². The van der Waals surface area contributed by atoms with Crippen LogP contribution in [-0.4, -0.2) is 36.3 Å². The summed E-state index contributed by atoms with van der Waals surface area (Å²) in [6.45, 7) is 5.04. The minimum Gasteiger partial charge on any atom is -0.480 e. The highest BCUT2D eigenvalue weighted by Gasteiger charge is 2.34. The van der Waals surface area contributed by atoms with Crippen molar-refractivity contribution in [1.29, 1.82) is 0 Å². The summed E-state index contributed by atoms with van der Waals surface area (Å²) < 4.78 is 17.5. The predicted molar refractivity (Wildman–Crippen MR) is 150 cm³/mol. The van der Waals surface area contributed by atoms with E-state index in [0.29, 0.717) is 31.7 Å². The molecule has 1 aromatic heterocycles. The Labute approximate surface area is 242 Å². The Kier molecular flexibility index (Phi) is 9.17. The molecule has 0 bridgehead atoms. The SMILES string of the molecule is CCOC(=O)COc1c(Cl)cc(Cl)cc1/C=c1\sc2n(c1=O)[C@@H](c1ccccc1Cl)C(C(=O)OCC)=C(C)N=2. The van der Waals surface area contributed by atoms with Gasteiger partial charge in [-0.05, 0) is 50.6 Å². The smallest absolute Gasteiger partial charge is 0.344 e. The number of esters is 2. The van der Waals surface area contributed by atoms with Crippen molar-refractivity contribution in [1.82, 2.24) is 4.57 Å². The quantitative estimate of drug-likeness (QED) is 0.344. The molecule has 0 fully saturated rings. The molecule has 0 aliphatic carbocycles. The van der Waals surface area contributed by atoms with E-state index in [0.717, 1.165) is 11.3 Å². The minimum atomic E-state index is -0.862. The molecule has 1 aliphatic rings. The standard InChI is InChI=1S/C27H23Cl3N2O6S/c1-4-36-21(33)13-38-24-15(10-16(28)12-19(24)30)11-20-25(34)32-23(17-8-6-7-9-18(17)29)22(26(35)37-5-2)14(3)31-27(32)39-20/h6-12,23H,4-5,13H2,1-3H3/b20-11-/t23-/m0/s1. The van der Waals surface area contributed by atoms with Gasteiger partial charge < -0.3 is 14.2 Å². The zero-order valence-electron chi connectivity index (χ0n) is 21.1. The monoisotopic (exact) mass is 608 g/mol. The molecule has 39 heavy (non-hydrogen) atoms. The van der Waals surface area contributed by atoms with Crippen molar-refractivity contribution in [3.63, 3.8) is 0 Å². The zero-order chi connectivity index (χ0) is 28.3. The molecule has 0 unspecified atom stereocenters. The third-order valence-electron chi connectivity index (χ3n) is 5.68. The Balaban J connectivity index is 1.91. The van der Waals surface area contributed by atoms with Gasteiger partial charge in [-0.2, -0.15) is 0 Å². The van der Waals surface area contributed by atoms with E-state index in [2.05, 4.69) is 4.99 Å². The molecule has 0 radical (unpaired) electrons. The maximum Gasteiger partial charge on any atom is 0.344 e. The van der Waals surface area contributed by atoms with Crippen molar-refractivity contribution in [2.75, 3.05) is 19.8 Å². The van der Waals surface area contributed by atoms with Gasteiger partial charge >= 0.3 is 11.9 Å². The van der Waals surface area contributed by atoms with Crippen LogP contribution in [0, 0.1) is 0 Å². The number of hydrogen-bond acceptors (Lipinski definition) is 8. The Morgan fingerprint density at radius 3 is 2.49 bits per heavy atom. The van der Waals surface area contributed by atoms with Gasteiger partial charge in [0.25, 0.3) is 5.56 Å². The normalized spacial score (nSPS) is 15.0. The molecule has 0 spiro atoms. The second kappa shape index (κ2) is 12.4. The second-order valence-electron chi connectivity index (χ2n) is 8.22. The Bertz CT molecular complexity index is 1660. The first kappa shape index (κ1) is 28.9. The van der Waals surface area contributed by atoms with Crippen LogP contribution in [0.5, 0.6) is 5.75 Å². The maximum atomic E-state index is 13.9. The van der Waals surface area contributed by atoms with Crippen molar-refractivity contribution in [2.45, 2.75) is 26.8 Å². The van der Waals surface area contributed by atoms with Gasteiger partial charge in [0, 0.05) is 15.6 Å². The van der Waals surface area contributed by atoms with Crippen LogP contribution in [0.15, 0.2) is 57.5 Å². The number of thiazole rings is 1. The summed E-state index contributed by atoms with van der Waals surface area (Å²) in [4.78, 5) is 43.7. The third-order valence-corrected chi connectivity index (χ3v) is 7.51. The van der Waals surface area contributed by atoms with Crippen molar-refractivity contribution < 1.29 is 23.8 Å². The van der Waals surface area contributed by atoms with E-state index >= 15 is 0 Å². The van der Waals surface area contributed by atoms with Crippen LogP contribution in [-0.2, 0) is 19.1 Å². The Hall–Kier alpha value is -3.11. The molecule has 0 saturated heterocycles. The maximum absolute atomic E-state index is 13.9. The summed E-state index contributed by atoms with van der Waals surface area (Å²) in [5.41, 5.74) is 1.13. The lowest BCUT2D eigenvalue weighted by molar-refractivity contribution is -0.145. The first-order valence-corrected chi connectivity index (χ1v) is 13.8. The summed E-state index contributed by atoms with van der Waals surface area (Å²) in [5, 5.41) is 0.835. The number of carbonyl (C=O) groups is 2. The molecule has 204 valence electrons. The van der Waals surface area contributed by atoms with Crippen LogP contribution in [0.1, 0.15) is 37.9 Å². The average Bonchev–Trinajstić information content (AvgIpc) is 3.17. The lowest BCUT2D eigenvalue weighted by Crippen LogP contribution is -2.40. The topological polar surface area (TPSA) is 96.2 Å². The summed E-state index contributed by atoms with van der Waals surface area (Å²) in [5.74, 6) is -1.00. The molecule has 2 heterocycles. The van der Waals surface area contributed by atoms with Gasteiger partial charge in [0.15, 0.2) is 11.4 Å². The fourth-order valence-corrected chi connectivity index (χ4v) is 5.94. The van der Waals surface area contributed by atoms with Crippen LogP contribution in [0.25, 0.3) is 6.08 Å². The molecule has 4 rings (SSSR count). The highest BCUT2D eigenvalue weighted by atomic mass is 35.5. The third kappa shape index (κ3) is 6.06. The second-order valence-corrected chi connectivity index (χ2v) is 10.5. The van der Waals surface area contributed by atoms with E-state index in [9.17, 15) is 14.4 Å². The number of benzene rings is 2. The van der Waals surface area contributed by atoms with E-state index in [1.807, 2.05) is 0 Å². The molecule has 8 nitrogen and oxygen atoms in total. The van der Waals surface area contributed by atoms with Crippen LogP contribution in [0.2, 0.25) is 15.1 Å². The van der Waals surface area contributed by atoms with Crippen LogP contribution < -0.4 is 19.6 Å². The molecule has 1 aliphatic heterocycles. The first-order valence-electron chi connectivity index (χ1n) is 11.9. The zero-order valence-corrected chi connectivity index (χ0v) is 24.2. The van der Waals surface area contributed by atoms with Gasteiger partial charge in [-0.1, -0.05) is 64.3 Å². The molecule has 0 amide bonds. The highest BCUT2D eigenvalue weighted by molar-refractivity contribution is 7.07. The van der Waals surface area contributed by atoms with Crippen LogP contribution >= 0.6 is 46.1 Å². The lowest BCUT2D eigenvalue weighted by Gasteiger charge is -2.25. The van der Waals surface area contributed by atoms with E-state index in [4.69, 9.17) is 49.0 Å². The minimum absolute atomic E-state index is 0.152. The van der Waals surface area contributed by atoms with E-state index in [-0.39, 0.29) is 40.7 Å². The molecule has 1 atom stereocenters. The van der Waals surface area contributed by atoms with Gasteiger partial charge in [0.1, 0.15) is 11.8 Å². The molecule has 0 N–H and O–H groups in total. The van der Waals surface area contributed by atoms with Gasteiger partial charge in [0.2, 0.25) is 0 Å². The van der Waals surface area contributed by atoms with Crippen molar-refractivity contribution in [2.24, 2.45) is 4.99 Å². The van der Waals surface area contributed by atoms with Crippen molar-refractivity contribution in [3.8, 4) is 5.75 Å². The number of ether oxygens (including phenoxy) is 3. The van der Waals surface area contributed by atoms with Crippen molar-refractivity contribution in [3.05, 3.63) is 93.6 Å². The molecular formula is C27H23Cl3N2O6S. The number of hydrogen-bond donors (Lipinski definition) is 0. The van der Waals surface area contributed by atoms with Gasteiger partial charge in [0.05, 0.1) is 34.0 Å². The van der Waals surface area contributed by atoms with Gasteiger partial charge in [-0.15, -0.1) is 0 Å². The van der Waals surface area contributed by atoms with E-state index in [1.54, 1.807) is 57.2 Å². The molecule has 12 heteroatoms. The molecule has 3 aromatic rings. The summed E-state index contributed by atoms with van der Waals surface area (Å²) in [6.07, 6.45) is 1.55. The summed E-state index contributed by atoms with van der Waals surface area (Å²) in [7, 11) is 0. The molecule has 0 saturated carbocycles. The largest absolute Gasteiger partial charge is 0.480 e. The number of carbonyl (C=O) groups excluding carboxylic acids is 2. The van der Waals surface area contributed by atoms with Crippen molar-refractivity contribution >= 4 is 64.2 Å². The number of halogens is 3. The molecular weight excluding hydrogens is 587 g/mol. The fourth-order valence-electron chi connectivity index (χ4n) is 4.10. The number of rotatable bonds is 8.